The molecule has 0 radical (unpaired) electrons. The molecule has 0 spiro atoms. The van der Waals surface area contributed by atoms with Gasteiger partial charge in [0.05, 0.1) is 0 Å². The van der Waals surface area contributed by atoms with Gasteiger partial charge in [-0.1, -0.05) is 28.1 Å². The Labute approximate surface area is 81.6 Å². The maximum atomic E-state index is 11.4. The summed E-state index contributed by atoms with van der Waals surface area (Å²) >= 11 is 2.98. The first-order chi connectivity index (χ1) is 5.67. The van der Waals surface area contributed by atoms with E-state index >= 15 is 0 Å². The molecule has 12 heavy (non-hydrogen) atoms. The highest BCUT2D eigenvalue weighted by molar-refractivity contribution is 9.10. The van der Waals surface area contributed by atoms with Crippen molar-refractivity contribution in [1.82, 2.24) is 4.31 Å². The van der Waals surface area contributed by atoms with Crippen LogP contribution in [0.2, 0.25) is 0 Å². The van der Waals surface area contributed by atoms with Gasteiger partial charge in [0.15, 0.2) is 0 Å². The molecule has 70 valence electrons. The van der Waals surface area contributed by atoms with E-state index in [0.717, 1.165) is 12.8 Å². The summed E-state index contributed by atoms with van der Waals surface area (Å²) < 4.78 is 24.3. The second-order valence-electron chi connectivity index (χ2n) is 2.67. The van der Waals surface area contributed by atoms with Gasteiger partial charge in [0.1, 0.15) is 4.66 Å². The van der Waals surface area contributed by atoms with E-state index in [0.29, 0.717) is 13.1 Å². The SMILES string of the molecule is O=S(=O)(CBr)N1CCC=CCC1. The molecular formula is C7H12BrNO2S. The Kier molecular flexibility index (Phi) is 3.74. The summed E-state index contributed by atoms with van der Waals surface area (Å²) in [5.74, 6) is 0. The minimum Gasteiger partial charge on any atom is -0.211 e. The highest BCUT2D eigenvalue weighted by Gasteiger charge is 2.19. The molecule has 0 unspecified atom stereocenters. The largest absolute Gasteiger partial charge is 0.224 e. The molecule has 0 aliphatic carbocycles. The van der Waals surface area contributed by atoms with Crippen LogP contribution in [0.4, 0.5) is 0 Å². The van der Waals surface area contributed by atoms with Crippen molar-refractivity contribution < 1.29 is 8.42 Å². The third-order valence-electron chi connectivity index (χ3n) is 1.79. The molecule has 0 aromatic heterocycles. The third-order valence-corrected chi connectivity index (χ3v) is 4.95. The predicted molar refractivity (Wildman–Crippen MR) is 52.7 cm³/mol. The van der Waals surface area contributed by atoms with E-state index in [1.807, 2.05) is 12.2 Å². The molecule has 1 aliphatic rings. The Balaban J connectivity index is 2.64. The van der Waals surface area contributed by atoms with Crippen LogP contribution in [0.3, 0.4) is 0 Å². The van der Waals surface area contributed by atoms with Crippen LogP contribution >= 0.6 is 15.9 Å². The molecular weight excluding hydrogens is 242 g/mol. The summed E-state index contributed by atoms with van der Waals surface area (Å²) in [6, 6.07) is 0. The van der Waals surface area contributed by atoms with Crippen molar-refractivity contribution in [2.45, 2.75) is 12.8 Å². The summed E-state index contributed by atoms with van der Waals surface area (Å²) in [4.78, 5) is 0. The van der Waals surface area contributed by atoms with Crippen LogP contribution in [-0.4, -0.2) is 30.5 Å². The molecule has 0 N–H and O–H groups in total. The molecule has 5 heteroatoms. The van der Waals surface area contributed by atoms with Gasteiger partial charge in [-0.2, -0.15) is 0 Å². The summed E-state index contributed by atoms with van der Waals surface area (Å²) in [6.07, 6.45) is 5.71. The molecule has 3 nitrogen and oxygen atoms in total. The summed E-state index contributed by atoms with van der Waals surface area (Å²) in [5.41, 5.74) is 0. The quantitative estimate of drug-likeness (QED) is 0.550. The minimum absolute atomic E-state index is 0.0278. The number of hydrogen-bond donors (Lipinski definition) is 0. The number of halogens is 1. The zero-order chi connectivity index (χ0) is 9.03. The number of alkyl halides is 1. The minimum atomic E-state index is -3.03. The first-order valence-corrected chi connectivity index (χ1v) is 6.58. The lowest BCUT2D eigenvalue weighted by Crippen LogP contribution is -2.32. The van der Waals surface area contributed by atoms with Crippen molar-refractivity contribution in [2.24, 2.45) is 0 Å². The van der Waals surface area contributed by atoms with Crippen LogP contribution in [0.25, 0.3) is 0 Å². The first kappa shape index (κ1) is 10.2. The van der Waals surface area contributed by atoms with Crippen molar-refractivity contribution in [2.75, 3.05) is 17.8 Å². The van der Waals surface area contributed by atoms with Crippen LogP contribution in [0.15, 0.2) is 12.2 Å². The topological polar surface area (TPSA) is 37.4 Å². The smallest absolute Gasteiger partial charge is 0.211 e. The van der Waals surface area contributed by atoms with Gasteiger partial charge in [0.25, 0.3) is 0 Å². The Hall–Kier alpha value is 0.130. The molecule has 0 fully saturated rings. The number of rotatable bonds is 2. The van der Waals surface area contributed by atoms with Crippen molar-refractivity contribution in [3.8, 4) is 0 Å². The first-order valence-electron chi connectivity index (χ1n) is 3.85. The van der Waals surface area contributed by atoms with Crippen molar-refractivity contribution in [3.05, 3.63) is 12.2 Å². The fourth-order valence-electron chi connectivity index (χ4n) is 1.13. The summed E-state index contributed by atoms with van der Waals surface area (Å²) in [5, 5.41) is 0. The molecule has 0 bridgehead atoms. The third kappa shape index (κ3) is 2.57. The van der Waals surface area contributed by atoms with E-state index in [2.05, 4.69) is 15.9 Å². The average Bonchev–Trinajstić information content (AvgIpc) is 2.32. The van der Waals surface area contributed by atoms with E-state index in [1.165, 1.54) is 4.31 Å². The lowest BCUT2D eigenvalue weighted by molar-refractivity contribution is 0.432. The lowest BCUT2D eigenvalue weighted by atomic mass is 10.4. The van der Waals surface area contributed by atoms with Crippen molar-refractivity contribution in [1.29, 1.82) is 0 Å². The number of nitrogens with zero attached hydrogens (tertiary/aromatic N) is 1. The highest BCUT2D eigenvalue weighted by Crippen LogP contribution is 2.10. The Morgan fingerprint density at radius 3 is 2.17 bits per heavy atom. The molecule has 1 heterocycles. The maximum Gasteiger partial charge on any atom is 0.224 e. The van der Waals surface area contributed by atoms with Crippen LogP contribution in [-0.2, 0) is 10.0 Å². The van der Waals surface area contributed by atoms with Crippen molar-refractivity contribution in [3.63, 3.8) is 0 Å². The zero-order valence-corrected chi connectivity index (χ0v) is 9.14. The van der Waals surface area contributed by atoms with Crippen LogP contribution in [0.1, 0.15) is 12.8 Å². The Bertz CT molecular complexity index is 251. The van der Waals surface area contributed by atoms with E-state index < -0.39 is 10.0 Å². The molecule has 0 aromatic rings. The summed E-state index contributed by atoms with van der Waals surface area (Å²) in [7, 11) is -3.03. The molecule has 0 amide bonds. The summed E-state index contributed by atoms with van der Waals surface area (Å²) in [6.45, 7) is 1.23. The monoisotopic (exact) mass is 253 g/mol. The molecule has 1 rings (SSSR count). The molecule has 0 saturated carbocycles. The standard InChI is InChI=1S/C7H12BrNO2S/c8-7-12(10,11)9-5-3-1-2-4-6-9/h1-2H,3-7H2. The maximum absolute atomic E-state index is 11.4. The van der Waals surface area contributed by atoms with Gasteiger partial charge in [-0.25, -0.2) is 12.7 Å². The molecule has 0 aromatic carbocycles. The Morgan fingerprint density at radius 2 is 1.75 bits per heavy atom. The molecule has 0 atom stereocenters. The number of sulfonamides is 1. The molecule has 0 saturated heterocycles. The van der Waals surface area contributed by atoms with Gasteiger partial charge in [-0.15, -0.1) is 0 Å². The van der Waals surface area contributed by atoms with Gasteiger partial charge in [-0.05, 0) is 12.8 Å². The lowest BCUT2D eigenvalue weighted by Gasteiger charge is -2.17. The zero-order valence-electron chi connectivity index (χ0n) is 6.74. The van der Waals surface area contributed by atoms with Gasteiger partial charge < -0.3 is 0 Å². The van der Waals surface area contributed by atoms with Crippen LogP contribution in [0, 0.1) is 0 Å². The fraction of sp³-hybridized carbons (Fsp3) is 0.714. The van der Waals surface area contributed by atoms with E-state index in [4.69, 9.17) is 0 Å². The second-order valence-corrected chi connectivity index (χ2v) is 5.94. The van der Waals surface area contributed by atoms with Gasteiger partial charge in [0, 0.05) is 13.1 Å². The van der Waals surface area contributed by atoms with E-state index in [-0.39, 0.29) is 4.66 Å². The van der Waals surface area contributed by atoms with Gasteiger partial charge in [-0.3, -0.25) is 0 Å². The highest BCUT2D eigenvalue weighted by atomic mass is 79.9. The predicted octanol–water partition coefficient (Wildman–Crippen LogP) is 1.32. The van der Waals surface area contributed by atoms with Gasteiger partial charge in [0.2, 0.25) is 10.0 Å². The Morgan fingerprint density at radius 1 is 1.25 bits per heavy atom. The fourth-order valence-corrected chi connectivity index (χ4v) is 2.91. The second kappa shape index (κ2) is 4.39. The van der Waals surface area contributed by atoms with Crippen molar-refractivity contribution >= 4 is 26.0 Å². The molecule has 1 aliphatic heterocycles. The van der Waals surface area contributed by atoms with E-state index in [9.17, 15) is 8.42 Å². The number of hydrogen-bond acceptors (Lipinski definition) is 2. The average molecular weight is 254 g/mol. The van der Waals surface area contributed by atoms with Crippen LogP contribution < -0.4 is 0 Å². The normalized spacial score (nSPS) is 20.8. The van der Waals surface area contributed by atoms with Crippen LogP contribution in [0.5, 0.6) is 0 Å². The van der Waals surface area contributed by atoms with E-state index in [1.54, 1.807) is 0 Å². The van der Waals surface area contributed by atoms with Gasteiger partial charge >= 0.3 is 0 Å².